The molecule has 0 aliphatic carbocycles. The predicted molar refractivity (Wildman–Crippen MR) is 89.4 cm³/mol. The molecule has 1 aliphatic heterocycles. The van der Waals surface area contributed by atoms with E-state index in [-0.39, 0.29) is 0 Å². The summed E-state index contributed by atoms with van der Waals surface area (Å²) >= 11 is 0. The van der Waals surface area contributed by atoms with Gasteiger partial charge in [-0.2, -0.15) is 0 Å². The lowest BCUT2D eigenvalue weighted by Crippen LogP contribution is -2.52. The van der Waals surface area contributed by atoms with Crippen molar-refractivity contribution < 1.29 is 4.74 Å². The number of methoxy groups -OCH3 is 1. The van der Waals surface area contributed by atoms with Crippen LogP contribution in [0.4, 0.5) is 5.69 Å². The molecule has 1 heterocycles. The lowest BCUT2D eigenvalue weighted by Gasteiger charge is -2.39. The largest absolute Gasteiger partial charge is 0.495 e. The zero-order valence-corrected chi connectivity index (χ0v) is 13.8. The Kier molecular flexibility index (Phi) is 5.88. The lowest BCUT2D eigenvalue weighted by atomic mass is 10.2. The van der Waals surface area contributed by atoms with Crippen molar-refractivity contribution in [2.24, 2.45) is 0 Å². The smallest absolute Gasteiger partial charge is 0.142 e. The van der Waals surface area contributed by atoms with Crippen LogP contribution in [-0.2, 0) is 0 Å². The lowest BCUT2D eigenvalue weighted by molar-refractivity contribution is 0.190. The molecule has 0 radical (unpaired) electrons. The summed E-state index contributed by atoms with van der Waals surface area (Å²) in [7, 11) is 1.74. The number of benzene rings is 1. The van der Waals surface area contributed by atoms with E-state index in [0.29, 0.717) is 12.1 Å². The third kappa shape index (κ3) is 4.35. The van der Waals surface area contributed by atoms with E-state index in [1.54, 1.807) is 7.11 Å². The number of nitrogens with one attached hydrogen (secondary N) is 1. The third-order valence-electron chi connectivity index (χ3n) is 4.18. The average molecular weight is 291 g/mol. The normalized spacial score (nSPS) is 18.0. The molecule has 0 saturated carbocycles. The van der Waals surface area contributed by atoms with Gasteiger partial charge in [-0.25, -0.2) is 0 Å². The van der Waals surface area contributed by atoms with Crippen molar-refractivity contribution in [3.8, 4) is 5.75 Å². The first-order chi connectivity index (χ1) is 10.1. The van der Waals surface area contributed by atoms with E-state index >= 15 is 0 Å². The fraction of sp³-hybridized carbons (Fsp3) is 0.647. The van der Waals surface area contributed by atoms with Crippen molar-refractivity contribution in [3.05, 3.63) is 24.3 Å². The number of hydrogen-bond donors (Lipinski definition) is 1. The van der Waals surface area contributed by atoms with Crippen LogP contribution in [0.3, 0.4) is 0 Å². The Labute approximate surface area is 129 Å². The van der Waals surface area contributed by atoms with Gasteiger partial charge < -0.3 is 15.0 Å². The van der Waals surface area contributed by atoms with Gasteiger partial charge in [-0.05, 0) is 19.1 Å². The van der Waals surface area contributed by atoms with Gasteiger partial charge in [0.2, 0.25) is 0 Å². The maximum absolute atomic E-state index is 5.47. The van der Waals surface area contributed by atoms with Crippen molar-refractivity contribution in [2.75, 3.05) is 44.7 Å². The van der Waals surface area contributed by atoms with Gasteiger partial charge in [-0.1, -0.05) is 26.0 Å². The number of hydrogen-bond acceptors (Lipinski definition) is 4. The second-order valence-electron chi connectivity index (χ2n) is 6.11. The summed E-state index contributed by atoms with van der Waals surface area (Å²) in [5.74, 6) is 0.973. The van der Waals surface area contributed by atoms with Gasteiger partial charge in [0.1, 0.15) is 5.75 Å². The molecule has 1 saturated heterocycles. The summed E-state index contributed by atoms with van der Waals surface area (Å²) in [5, 5.41) is 3.53. The van der Waals surface area contributed by atoms with E-state index < -0.39 is 0 Å². The fourth-order valence-corrected chi connectivity index (χ4v) is 2.83. The maximum atomic E-state index is 5.47. The highest BCUT2D eigenvalue weighted by Gasteiger charge is 2.22. The topological polar surface area (TPSA) is 27.7 Å². The number of ether oxygens (including phenoxy) is 1. The first kappa shape index (κ1) is 16.1. The second-order valence-corrected chi connectivity index (χ2v) is 6.11. The quantitative estimate of drug-likeness (QED) is 0.869. The molecule has 21 heavy (non-hydrogen) atoms. The van der Waals surface area contributed by atoms with Crippen LogP contribution in [0.25, 0.3) is 0 Å². The Morgan fingerprint density at radius 2 is 1.76 bits per heavy atom. The van der Waals surface area contributed by atoms with E-state index in [9.17, 15) is 0 Å². The molecule has 0 spiro atoms. The van der Waals surface area contributed by atoms with Crippen LogP contribution in [0.5, 0.6) is 5.75 Å². The van der Waals surface area contributed by atoms with Gasteiger partial charge >= 0.3 is 0 Å². The Hall–Kier alpha value is -1.26. The first-order valence-corrected chi connectivity index (χ1v) is 7.97. The molecule has 0 aromatic heterocycles. The van der Waals surface area contributed by atoms with Crippen molar-refractivity contribution in [2.45, 2.75) is 32.9 Å². The zero-order chi connectivity index (χ0) is 15.2. The molecule has 1 N–H and O–H groups in total. The van der Waals surface area contributed by atoms with E-state index in [2.05, 4.69) is 48.0 Å². The maximum Gasteiger partial charge on any atom is 0.142 e. The van der Waals surface area contributed by atoms with Gasteiger partial charge in [0.05, 0.1) is 12.8 Å². The van der Waals surface area contributed by atoms with E-state index in [0.717, 1.165) is 38.5 Å². The summed E-state index contributed by atoms with van der Waals surface area (Å²) < 4.78 is 5.47. The van der Waals surface area contributed by atoms with Crippen molar-refractivity contribution >= 4 is 5.69 Å². The summed E-state index contributed by atoms with van der Waals surface area (Å²) in [6, 6.07) is 9.45. The molecule has 0 amide bonds. The standard InChI is InChI=1S/C17H29N3O/c1-14(2)18-13-15(3)19-9-11-20(12-10-19)16-7-5-6-8-17(16)21-4/h5-8,14-15,18H,9-13H2,1-4H3. The highest BCUT2D eigenvalue weighted by atomic mass is 16.5. The minimum atomic E-state index is 0.558. The molecule has 4 nitrogen and oxygen atoms in total. The number of rotatable bonds is 6. The number of anilines is 1. The van der Waals surface area contributed by atoms with Crippen molar-refractivity contribution in [3.63, 3.8) is 0 Å². The molecule has 1 aliphatic rings. The molecule has 1 aromatic carbocycles. The Balaban J connectivity index is 1.88. The zero-order valence-electron chi connectivity index (χ0n) is 13.8. The summed E-state index contributed by atoms with van der Waals surface area (Å²) in [6.07, 6.45) is 0. The summed E-state index contributed by atoms with van der Waals surface area (Å²) in [6.45, 7) is 12.1. The monoisotopic (exact) mass is 291 g/mol. The van der Waals surface area contributed by atoms with Crippen LogP contribution >= 0.6 is 0 Å². The van der Waals surface area contributed by atoms with Crippen molar-refractivity contribution in [1.82, 2.24) is 10.2 Å². The number of nitrogens with zero attached hydrogens (tertiary/aromatic N) is 2. The number of piperazine rings is 1. The van der Waals surface area contributed by atoms with Gasteiger partial charge in [0.15, 0.2) is 0 Å². The Bertz CT molecular complexity index is 428. The molecule has 1 unspecified atom stereocenters. The van der Waals surface area contributed by atoms with Crippen molar-refractivity contribution in [1.29, 1.82) is 0 Å². The van der Waals surface area contributed by atoms with Gasteiger partial charge in [-0.15, -0.1) is 0 Å². The third-order valence-corrected chi connectivity index (χ3v) is 4.18. The van der Waals surface area contributed by atoms with E-state index in [4.69, 9.17) is 4.74 Å². The molecule has 118 valence electrons. The van der Waals surface area contributed by atoms with Crippen LogP contribution in [0.2, 0.25) is 0 Å². The van der Waals surface area contributed by atoms with Gasteiger partial charge in [0.25, 0.3) is 0 Å². The highest BCUT2D eigenvalue weighted by Crippen LogP contribution is 2.28. The van der Waals surface area contributed by atoms with Crippen LogP contribution in [-0.4, -0.2) is 56.8 Å². The molecular weight excluding hydrogens is 262 g/mol. The fourth-order valence-electron chi connectivity index (χ4n) is 2.83. The number of para-hydroxylation sites is 2. The van der Waals surface area contributed by atoms with Crippen LogP contribution in [0.1, 0.15) is 20.8 Å². The molecule has 1 aromatic rings. The Morgan fingerprint density at radius 1 is 1.10 bits per heavy atom. The van der Waals surface area contributed by atoms with Gasteiger partial charge in [0, 0.05) is 44.8 Å². The minimum absolute atomic E-state index is 0.558. The Morgan fingerprint density at radius 3 is 2.38 bits per heavy atom. The SMILES string of the molecule is COc1ccccc1N1CCN(C(C)CNC(C)C)CC1. The van der Waals surface area contributed by atoms with Crippen LogP contribution in [0.15, 0.2) is 24.3 Å². The van der Waals surface area contributed by atoms with Crippen LogP contribution < -0.4 is 15.0 Å². The molecule has 1 fully saturated rings. The molecular formula is C17H29N3O. The van der Waals surface area contributed by atoms with Crippen LogP contribution in [0, 0.1) is 0 Å². The predicted octanol–water partition coefficient (Wildman–Crippen LogP) is 2.20. The summed E-state index contributed by atoms with van der Waals surface area (Å²) in [5.41, 5.74) is 1.22. The molecule has 2 rings (SSSR count). The average Bonchev–Trinajstić information content (AvgIpc) is 2.52. The summed E-state index contributed by atoms with van der Waals surface area (Å²) in [4.78, 5) is 5.00. The van der Waals surface area contributed by atoms with Gasteiger partial charge in [-0.3, -0.25) is 4.90 Å². The molecule has 1 atom stereocenters. The van der Waals surface area contributed by atoms with E-state index in [1.807, 2.05) is 12.1 Å². The first-order valence-electron chi connectivity index (χ1n) is 7.97. The molecule has 4 heteroatoms. The second kappa shape index (κ2) is 7.66. The van der Waals surface area contributed by atoms with E-state index in [1.165, 1.54) is 5.69 Å². The molecule has 0 bridgehead atoms. The highest BCUT2D eigenvalue weighted by molar-refractivity contribution is 5.58. The minimum Gasteiger partial charge on any atom is -0.495 e.